The van der Waals surface area contributed by atoms with E-state index in [0.717, 1.165) is 21.4 Å². The van der Waals surface area contributed by atoms with E-state index in [0.29, 0.717) is 12.0 Å². The first-order valence-electron chi connectivity index (χ1n) is 7.12. The van der Waals surface area contributed by atoms with Crippen molar-refractivity contribution >= 4 is 32.9 Å². The molecule has 1 heterocycles. The zero-order valence-electron chi connectivity index (χ0n) is 11.3. The van der Waals surface area contributed by atoms with Crippen molar-refractivity contribution in [2.24, 2.45) is 5.92 Å². The third-order valence-electron chi connectivity index (χ3n) is 4.38. The second-order valence-corrected chi connectivity index (χ2v) is 6.48. The fraction of sp³-hybridized carbons (Fsp3) is 0.533. The summed E-state index contributed by atoms with van der Waals surface area (Å²) in [7, 11) is 0. The van der Waals surface area contributed by atoms with Gasteiger partial charge in [0.2, 0.25) is 5.95 Å². The first kappa shape index (κ1) is 13.0. The predicted octanol–water partition coefficient (Wildman–Crippen LogP) is 4.52. The minimum atomic E-state index is 0.512. The van der Waals surface area contributed by atoms with Gasteiger partial charge in [0.15, 0.2) is 0 Å². The highest BCUT2D eigenvalue weighted by atomic mass is 79.9. The van der Waals surface area contributed by atoms with Gasteiger partial charge in [0.05, 0.1) is 11.0 Å². The molecule has 0 bridgehead atoms. The number of fused-ring (bicyclic) bond motifs is 1. The molecule has 3 rings (SSSR count). The van der Waals surface area contributed by atoms with Crippen LogP contribution in [-0.2, 0) is 0 Å². The number of benzene rings is 1. The van der Waals surface area contributed by atoms with E-state index in [1.807, 2.05) is 12.1 Å². The van der Waals surface area contributed by atoms with Crippen molar-refractivity contribution in [3.8, 4) is 0 Å². The van der Waals surface area contributed by atoms with Crippen LogP contribution in [-0.4, -0.2) is 9.55 Å². The Bertz CT molecular complexity index is 590. The number of rotatable bonds is 2. The lowest BCUT2D eigenvalue weighted by molar-refractivity contribution is 0.267. The minimum Gasteiger partial charge on any atom is -0.369 e. The summed E-state index contributed by atoms with van der Waals surface area (Å²) in [6.07, 6.45) is 6.39. The maximum Gasteiger partial charge on any atom is 0.201 e. The van der Waals surface area contributed by atoms with Gasteiger partial charge in [-0.1, -0.05) is 42.1 Å². The zero-order valence-corrected chi connectivity index (χ0v) is 12.9. The van der Waals surface area contributed by atoms with E-state index in [2.05, 4.69) is 38.5 Å². The number of nitrogens with two attached hydrogens (primary N) is 1. The van der Waals surface area contributed by atoms with Gasteiger partial charge in [-0.25, -0.2) is 4.98 Å². The highest BCUT2D eigenvalue weighted by Gasteiger charge is 2.25. The number of imidazole rings is 1. The van der Waals surface area contributed by atoms with Gasteiger partial charge >= 0.3 is 0 Å². The molecule has 0 spiro atoms. The summed E-state index contributed by atoms with van der Waals surface area (Å²) in [5, 5.41) is 0. The van der Waals surface area contributed by atoms with Crippen LogP contribution >= 0.6 is 15.9 Å². The smallest absolute Gasteiger partial charge is 0.201 e. The molecule has 1 aliphatic rings. The van der Waals surface area contributed by atoms with Gasteiger partial charge < -0.3 is 10.3 Å². The van der Waals surface area contributed by atoms with Crippen LogP contribution in [0, 0.1) is 5.92 Å². The van der Waals surface area contributed by atoms with Gasteiger partial charge in [-0.05, 0) is 37.0 Å². The van der Waals surface area contributed by atoms with Crippen LogP contribution in [0.2, 0.25) is 0 Å². The van der Waals surface area contributed by atoms with E-state index < -0.39 is 0 Å². The summed E-state index contributed by atoms with van der Waals surface area (Å²) < 4.78 is 3.34. The molecule has 3 nitrogen and oxygen atoms in total. The fourth-order valence-electron chi connectivity index (χ4n) is 3.34. The molecule has 2 unspecified atom stereocenters. The van der Waals surface area contributed by atoms with Crippen molar-refractivity contribution in [1.82, 2.24) is 9.55 Å². The molecular weight excluding hydrogens is 302 g/mol. The standard InChI is InChI=1S/C15H20BrN3/c1-2-10-4-3-5-12(8-10)19-14-9-11(16)6-7-13(14)18-15(19)17/h6-7,9-10,12H,2-5,8H2,1H3,(H2,17,18). The molecule has 0 saturated heterocycles. The molecule has 2 N–H and O–H groups in total. The average molecular weight is 322 g/mol. The first-order chi connectivity index (χ1) is 9.19. The largest absolute Gasteiger partial charge is 0.369 e. The lowest BCUT2D eigenvalue weighted by Crippen LogP contribution is -2.20. The van der Waals surface area contributed by atoms with Gasteiger partial charge in [0.25, 0.3) is 0 Å². The first-order valence-corrected chi connectivity index (χ1v) is 7.91. The molecule has 0 aliphatic heterocycles. The molecule has 1 fully saturated rings. The third kappa shape index (κ3) is 2.38. The van der Waals surface area contributed by atoms with E-state index in [1.54, 1.807) is 0 Å². The Kier molecular flexibility index (Phi) is 3.52. The molecule has 1 saturated carbocycles. The number of nitrogens with zero attached hydrogens (tertiary/aromatic N) is 2. The number of nitrogen functional groups attached to an aromatic ring is 1. The Morgan fingerprint density at radius 2 is 2.26 bits per heavy atom. The van der Waals surface area contributed by atoms with Crippen LogP contribution in [0.15, 0.2) is 22.7 Å². The van der Waals surface area contributed by atoms with Crippen LogP contribution in [0.1, 0.15) is 45.1 Å². The molecule has 4 heteroatoms. The van der Waals surface area contributed by atoms with Crippen molar-refractivity contribution in [1.29, 1.82) is 0 Å². The Morgan fingerprint density at radius 3 is 3.05 bits per heavy atom. The summed E-state index contributed by atoms with van der Waals surface area (Å²) >= 11 is 3.54. The molecule has 1 aromatic heterocycles. The molecule has 19 heavy (non-hydrogen) atoms. The quantitative estimate of drug-likeness (QED) is 0.883. The lowest BCUT2D eigenvalue weighted by Gasteiger charge is -2.30. The van der Waals surface area contributed by atoms with Gasteiger partial charge in [-0.15, -0.1) is 0 Å². The predicted molar refractivity (Wildman–Crippen MR) is 83.1 cm³/mol. The summed E-state index contributed by atoms with van der Waals surface area (Å²) in [5.41, 5.74) is 8.32. The number of aromatic nitrogens is 2. The highest BCUT2D eigenvalue weighted by molar-refractivity contribution is 9.10. The van der Waals surface area contributed by atoms with Crippen molar-refractivity contribution in [3.05, 3.63) is 22.7 Å². The summed E-state index contributed by atoms with van der Waals surface area (Å²) in [6, 6.07) is 6.70. The molecule has 0 amide bonds. The molecule has 1 aliphatic carbocycles. The van der Waals surface area contributed by atoms with Crippen molar-refractivity contribution < 1.29 is 0 Å². The molecular formula is C15H20BrN3. The van der Waals surface area contributed by atoms with Gasteiger partial charge in [-0.3, -0.25) is 0 Å². The fourth-order valence-corrected chi connectivity index (χ4v) is 3.69. The van der Waals surface area contributed by atoms with E-state index in [4.69, 9.17) is 5.73 Å². The van der Waals surface area contributed by atoms with E-state index in [9.17, 15) is 0 Å². The monoisotopic (exact) mass is 321 g/mol. The molecule has 1 aromatic carbocycles. The second-order valence-electron chi connectivity index (χ2n) is 5.57. The van der Waals surface area contributed by atoms with E-state index >= 15 is 0 Å². The van der Waals surface area contributed by atoms with Gasteiger partial charge in [0.1, 0.15) is 0 Å². The SMILES string of the molecule is CCC1CCCC(n2c(N)nc3ccc(Br)cc32)C1. The van der Waals surface area contributed by atoms with Crippen molar-refractivity contribution in [2.45, 2.75) is 45.1 Å². The summed E-state index contributed by atoms with van der Waals surface area (Å²) in [5.74, 6) is 1.50. The van der Waals surface area contributed by atoms with Crippen LogP contribution in [0.3, 0.4) is 0 Å². The lowest BCUT2D eigenvalue weighted by atomic mass is 9.84. The summed E-state index contributed by atoms with van der Waals surface area (Å²) in [4.78, 5) is 4.50. The third-order valence-corrected chi connectivity index (χ3v) is 4.87. The van der Waals surface area contributed by atoms with Crippen LogP contribution in [0.5, 0.6) is 0 Å². The highest BCUT2D eigenvalue weighted by Crippen LogP contribution is 2.37. The normalized spacial score (nSPS) is 23.9. The minimum absolute atomic E-state index is 0.512. The Morgan fingerprint density at radius 1 is 1.42 bits per heavy atom. The molecule has 0 radical (unpaired) electrons. The zero-order chi connectivity index (χ0) is 13.4. The Labute approximate surface area is 122 Å². The number of hydrogen-bond acceptors (Lipinski definition) is 2. The van der Waals surface area contributed by atoms with Crippen LogP contribution in [0.4, 0.5) is 5.95 Å². The van der Waals surface area contributed by atoms with Crippen LogP contribution in [0.25, 0.3) is 11.0 Å². The molecule has 2 atom stereocenters. The number of hydrogen-bond donors (Lipinski definition) is 1. The number of halogens is 1. The van der Waals surface area contributed by atoms with Crippen LogP contribution < -0.4 is 5.73 Å². The number of anilines is 1. The summed E-state index contributed by atoms with van der Waals surface area (Å²) in [6.45, 7) is 2.29. The van der Waals surface area contributed by atoms with Crippen molar-refractivity contribution in [3.63, 3.8) is 0 Å². The Balaban J connectivity index is 2.03. The Hall–Kier alpha value is -1.03. The van der Waals surface area contributed by atoms with E-state index in [1.165, 1.54) is 32.1 Å². The van der Waals surface area contributed by atoms with Crippen molar-refractivity contribution in [2.75, 3.05) is 5.73 Å². The second kappa shape index (κ2) is 5.16. The maximum atomic E-state index is 6.16. The van der Waals surface area contributed by atoms with Gasteiger partial charge in [0, 0.05) is 10.5 Å². The van der Waals surface area contributed by atoms with Gasteiger partial charge in [-0.2, -0.15) is 0 Å². The topological polar surface area (TPSA) is 43.8 Å². The molecule has 2 aromatic rings. The van der Waals surface area contributed by atoms with E-state index in [-0.39, 0.29) is 0 Å². The maximum absolute atomic E-state index is 6.16. The molecule has 102 valence electrons. The average Bonchev–Trinajstić information content (AvgIpc) is 2.74.